The number of carbonyl (C=O) groups is 1. The number of hydrogen-bond donors (Lipinski definition) is 2. The van der Waals surface area contributed by atoms with Gasteiger partial charge in [-0.05, 0) is 38.1 Å². The molecule has 1 amide bonds. The van der Waals surface area contributed by atoms with Crippen molar-refractivity contribution in [3.05, 3.63) is 52.3 Å². The van der Waals surface area contributed by atoms with Crippen LogP contribution in [-0.2, 0) is 21.4 Å². The Morgan fingerprint density at radius 3 is 2.54 bits per heavy atom. The van der Waals surface area contributed by atoms with Gasteiger partial charge in [0.15, 0.2) is 5.13 Å². The van der Waals surface area contributed by atoms with Gasteiger partial charge in [-0.2, -0.15) is 5.10 Å². The summed E-state index contributed by atoms with van der Waals surface area (Å²) in [6.45, 7) is 4.06. The normalized spacial score (nSPS) is 11.4. The summed E-state index contributed by atoms with van der Waals surface area (Å²) in [5.74, 6) is -0.208. The van der Waals surface area contributed by atoms with Gasteiger partial charge in [0, 0.05) is 23.7 Å². The van der Waals surface area contributed by atoms with E-state index in [9.17, 15) is 13.2 Å². The van der Waals surface area contributed by atoms with Crippen molar-refractivity contribution in [2.24, 2.45) is 0 Å². The third kappa shape index (κ3) is 4.70. The number of amides is 1. The molecule has 0 bridgehead atoms. The van der Waals surface area contributed by atoms with Crippen LogP contribution in [0.5, 0.6) is 0 Å². The van der Waals surface area contributed by atoms with E-state index in [-0.39, 0.29) is 17.2 Å². The van der Waals surface area contributed by atoms with Crippen LogP contribution in [0.4, 0.5) is 10.8 Å². The summed E-state index contributed by atoms with van der Waals surface area (Å²) >= 11 is 7.29. The maximum Gasteiger partial charge on any atom is 0.263 e. The SMILES string of the molecule is Cc1nn(CCC(=O)Nc2ccc(S(=O)(=O)Nc3nccs3)cc2)c(C)c1Cl. The lowest BCUT2D eigenvalue weighted by atomic mass is 10.3. The molecule has 0 saturated carbocycles. The fourth-order valence-electron chi connectivity index (χ4n) is 2.49. The molecule has 28 heavy (non-hydrogen) atoms. The minimum atomic E-state index is -3.72. The minimum Gasteiger partial charge on any atom is -0.326 e. The maximum absolute atomic E-state index is 12.3. The Balaban J connectivity index is 1.59. The average Bonchev–Trinajstić information content (AvgIpc) is 3.24. The van der Waals surface area contributed by atoms with Crippen molar-refractivity contribution in [3.8, 4) is 0 Å². The quantitative estimate of drug-likeness (QED) is 0.586. The molecule has 0 radical (unpaired) electrons. The van der Waals surface area contributed by atoms with Crippen LogP contribution in [0.3, 0.4) is 0 Å². The fraction of sp³-hybridized carbons (Fsp3) is 0.235. The molecule has 3 aromatic rings. The molecular formula is C17H18ClN5O3S2. The summed E-state index contributed by atoms with van der Waals surface area (Å²) in [4.78, 5) is 16.1. The van der Waals surface area contributed by atoms with E-state index in [4.69, 9.17) is 11.6 Å². The lowest BCUT2D eigenvalue weighted by Crippen LogP contribution is -2.16. The van der Waals surface area contributed by atoms with Crippen LogP contribution in [0.1, 0.15) is 17.8 Å². The molecule has 0 spiro atoms. The minimum absolute atomic E-state index is 0.0815. The highest BCUT2D eigenvalue weighted by atomic mass is 35.5. The zero-order valence-corrected chi connectivity index (χ0v) is 17.5. The number of benzene rings is 1. The first-order chi connectivity index (χ1) is 13.3. The van der Waals surface area contributed by atoms with Gasteiger partial charge in [-0.3, -0.25) is 14.2 Å². The first-order valence-corrected chi connectivity index (χ1v) is 11.0. The number of carbonyl (C=O) groups excluding carboxylic acids is 1. The van der Waals surface area contributed by atoms with Crippen molar-refractivity contribution in [1.82, 2.24) is 14.8 Å². The number of anilines is 2. The van der Waals surface area contributed by atoms with Crippen LogP contribution in [0, 0.1) is 13.8 Å². The summed E-state index contributed by atoms with van der Waals surface area (Å²) in [6.07, 6.45) is 1.73. The summed E-state index contributed by atoms with van der Waals surface area (Å²) in [7, 11) is -3.72. The van der Waals surface area contributed by atoms with E-state index in [0.717, 1.165) is 11.4 Å². The number of thiazole rings is 1. The van der Waals surface area contributed by atoms with Crippen LogP contribution >= 0.6 is 22.9 Å². The molecular weight excluding hydrogens is 422 g/mol. The first kappa shape index (κ1) is 20.3. The van der Waals surface area contributed by atoms with E-state index in [1.54, 1.807) is 10.1 Å². The predicted molar refractivity (Wildman–Crippen MR) is 109 cm³/mol. The van der Waals surface area contributed by atoms with Crippen LogP contribution in [-0.4, -0.2) is 29.1 Å². The zero-order chi connectivity index (χ0) is 20.3. The van der Waals surface area contributed by atoms with E-state index in [0.29, 0.717) is 22.4 Å². The Morgan fingerprint density at radius 2 is 1.96 bits per heavy atom. The number of aryl methyl sites for hydroxylation is 2. The third-order valence-corrected chi connectivity index (χ3v) is 6.67. The van der Waals surface area contributed by atoms with Gasteiger partial charge in [0.25, 0.3) is 10.0 Å². The molecule has 148 valence electrons. The van der Waals surface area contributed by atoms with Crippen LogP contribution in [0.15, 0.2) is 40.7 Å². The Kier molecular flexibility index (Phi) is 6.01. The van der Waals surface area contributed by atoms with Crippen molar-refractivity contribution < 1.29 is 13.2 Å². The smallest absolute Gasteiger partial charge is 0.263 e. The molecule has 0 atom stereocenters. The Bertz CT molecular complexity index is 1080. The molecule has 2 aromatic heterocycles. The van der Waals surface area contributed by atoms with Gasteiger partial charge in [0.2, 0.25) is 5.91 Å². The van der Waals surface area contributed by atoms with E-state index in [1.165, 1.54) is 41.8 Å². The second-order valence-electron chi connectivity index (χ2n) is 5.97. The predicted octanol–water partition coefficient (Wildman–Crippen LogP) is 3.44. The number of hydrogen-bond acceptors (Lipinski definition) is 6. The molecule has 0 saturated heterocycles. The number of halogens is 1. The molecule has 0 aliphatic heterocycles. The van der Waals surface area contributed by atoms with Gasteiger partial charge in [-0.1, -0.05) is 11.6 Å². The van der Waals surface area contributed by atoms with Crippen molar-refractivity contribution in [1.29, 1.82) is 0 Å². The van der Waals surface area contributed by atoms with Crippen molar-refractivity contribution in [3.63, 3.8) is 0 Å². The lowest BCUT2D eigenvalue weighted by molar-refractivity contribution is -0.116. The number of sulfonamides is 1. The largest absolute Gasteiger partial charge is 0.326 e. The molecule has 8 nitrogen and oxygen atoms in total. The van der Waals surface area contributed by atoms with Gasteiger partial charge >= 0.3 is 0 Å². The Labute approximate surface area is 171 Å². The van der Waals surface area contributed by atoms with Gasteiger partial charge in [-0.15, -0.1) is 11.3 Å². The van der Waals surface area contributed by atoms with Crippen molar-refractivity contribution >= 4 is 49.7 Å². The molecule has 2 N–H and O–H groups in total. The van der Waals surface area contributed by atoms with E-state index in [2.05, 4.69) is 20.1 Å². The van der Waals surface area contributed by atoms with Crippen LogP contribution in [0.25, 0.3) is 0 Å². The van der Waals surface area contributed by atoms with Crippen LogP contribution in [0.2, 0.25) is 5.02 Å². The summed E-state index contributed by atoms with van der Waals surface area (Å²) in [5.41, 5.74) is 2.04. The van der Waals surface area contributed by atoms with Gasteiger partial charge in [-0.25, -0.2) is 13.4 Å². The zero-order valence-electron chi connectivity index (χ0n) is 15.1. The van der Waals surface area contributed by atoms with E-state index < -0.39 is 10.0 Å². The van der Waals surface area contributed by atoms with Gasteiger partial charge in [0.05, 0.1) is 27.9 Å². The second-order valence-corrected chi connectivity index (χ2v) is 8.93. The van der Waals surface area contributed by atoms with Crippen molar-refractivity contribution in [2.75, 3.05) is 10.0 Å². The topological polar surface area (TPSA) is 106 Å². The van der Waals surface area contributed by atoms with Gasteiger partial charge in [0.1, 0.15) is 0 Å². The monoisotopic (exact) mass is 439 g/mol. The van der Waals surface area contributed by atoms with Gasteiger partial charge < -0.3 is 5.32 Å². The Hall–Kier alpha value is -2.43. The highest BCUT2D eigenvalue weighted by molar-refractivity contribution is 7.93. The fourth-order valence-corrected chi connectivity index (χ4v) is 4.41. The highest BCUT2D eigenvalue weighted by Gasteiger charge is 2.16. The molecule has 0 aliphatic rings. The molecule has 0 fully saturated rings. The highest BCUT2D eigenvalue weighted by Crippen LogP contribution is 2.21. The van der Waals surface area contributed by atoms with E-state index in [1.807, 2.05) is 13.8 Å². The first-order valence-electron chi connectivity index (χ1n) is 8.28. The average molecular weight is 440 g/mol. The number of aromatic nitrogens is 3. The summed E-state index contributed by atoms with van der Waals surface area (Å²) < 4.78 is 28.7. The lowest BCUT2D eigenvalue weighted by Gasteiger charge is -2.08. The molecule has 0 aliphatic carbocycles. The standard InChI is InChI=1S/C17H18ClN5O3S2/c1-11-16(18)12(2)23(21-11)9-7-15(24)20-13-3-5-14(6-4-13)28(25,26)22-17-19-8-10-27-17/h3-6,8,10H,7,9H2,1-2H3,(H,19,22)(H,20,24). The molecule has 1 aromatic carbocycles. The number of nitrogens with zero attached hydrogens (tertiary/aromatic N) is 3. The summed E-state index contributed by atoms with van der Waals surface area (Å²) in [6, 6.07) is 5.92. The number of rotatable bonds is 7. The molecule has 3 rings (SSSR count). The number of nitrogens with one attached hydrogen (secondary N) is 2. The summed E-state index contributed by atoms with van der Waals surface area (Å²) in [5, 5.41) is 9.59. The molecule has 11 heteroatoms. The maximum atomic E-state index is 12.3. The Morgan fingerprint density at radius 1 is 1.25 bits per heavy atom. The van der Waals surface area contributed by atoms with Crippen LogP contribution < -0.4 is 10.0 Å². The molecule has 0 unspecified atom stereocenters. The van der Waals surface area contributed by atoms with E-state index >= 15 is 0 Å². The van der Waals surface area contributed by atoms with Crippen molar-refractivity contribution in [2.45, 2.75) is 31.7 Å². The third-order valence-electron chi connectivity index (χ3n) is 3.95. The molecule has 2 heterocycles. The second kappa shape index (κ2) is 8.29.